The molecule has 0 bridgehead atoms. The quantitative estimate of drug-likeness (QED) is 0.305. The van der Waals surface area contributed by atoms with Crippen molar-refractivity contribution < 1.29 is 33.1 Å². The molecule has 0 aromatic rings. The Bertz CT molecular complexity index is 420. The SMILES string of the molecule is CCCCC(CCC)N(O)C(=O)CCC(=O)P(=O)(OF)OCC. The van der Waals surface area contributed by atoms with E-state index in [-0.39, 0.29) is 19.1 Å². The lowest BCUT2D eigenvalue weighted by Crippen LogP contribution is -2.37. The van der Waals surface area contributed by atoms with Crippen LogP contribution in [0.3, 0.4) is 0 Å². The highest BCUT2D eigenvalue weighted by molar-refractivity contribution is 7.71. The van der Waals surface area contributed by atoms with Gasteiger partial charge in [0, 0.05) is 12.8 Å². The molecule has 2 atom stereocenters. The Morgan fingerprint density at radius 3 is 2.30 bits per heavy atom. The fraction of sp³-hybridized carbons (Fsp3) is 0.857. The number of carbonyl (C=O) groups excluding carboxylic acids is 2. The number of hydroxylamine groups is 2. The highest BCUT2D eigenvalue weighted by atomic mass is 31.2. The minimum atomic E-state index is -4.49. The average Bonchev–Trinajstić information content (AvgIpc) is 2.55. The highest BCUT2D eigenvalue weighted by Gasteiger charge is 2.36. The molecule has 1 N–H and O–H groups in total. The summed E-state index contributed by atoms with van der Waals surface area (Å²) in [5.41, 5.74) is -1.12. The summed E-state index contributed by atoms with van der Waals surface area (Å²) >= 11 is 0. The number of unbranched alkanes of at least 4 members (excludes halogenated alkanes) is 1. The summed E-state index contributed by atoms with van der Waals surface area (Å²) in [7, 11) is -4.49. The topological polar surface area (TPSA) is 93.1 Å². The maximum Gasteiger partial charge on any atom is 0.427 e. The molecule has 0 radical (unpaired) electrons. The number of hydrogen-bond donors (Lipinski definition) is 1. The monoisotopic (exact) mass is 355 g/mol. The summed E-state index contributed by atoms with van der Waals surface area (Å²) in [5.74, 6) is -0.671. The molecule has 7 nitrogen and oxygen atoms in total. The van der Waals surface area contributed by atoms with Crippen LogP contribution in [0.4, 0.5) is 4.53 Å². The highest BCUT2D eigenvalue weighted by Crippen LogP contribution is 2.50. The van der Waals surface area contributed by atoms with Gasteiger partial charge in [0.15, 0.2) is 0 Å². The maximum atomic E-state index is 12.3. The van der Waals surface area contributed by atoms with Crippen molar-refractivity contribution in [1.29, 1.82) is 0 Å². The van der Waals surface area contributed by atoms with E-state index < -0.39 is 25.4 Å². The van der Waals surface area contributed by atoms with Crippen molar-refractivity contribution >= 4 is 19.0 Å². The van der Waals surface area contributed by atoms with Gasteiger partial charge < -0.3 is 4.52 Å². The molecule has 0 spiro atoms. The Morgan fingerprint density at radius 2 is 1.83 bits per heavy atom. The van der Waals surface area contributed by atoms with Crippen molar-refractivity contribution in [2.75, 3.05) is 6.61 Å². The van der Waals surface area contributed by atoms with Crippen LogP contribution in [0.5, 0.6) is 0 Å². The molecule has 0 aliphatic carbocycles. The fourth-order valence-corrected chi connectivity index (χ4v) is 3.12. The van der Waals surface area contributed by atoms with Gasteiger partial charge in [-0.1, -0.05) is 37.8 Å². The van der Waals surface area contributed by atoms with Crippen molar-refractivity contribution in [3.8, 4) is 0 Å². The van der Waals surface area contributed by atoms with Crippen molar-refractivity contribution in [2.45, 2.75) is 71.8 Å². The summed E-state index contributed by atoms with van der Waals surface area (Å²) in [4.78, 5) is 23.6. The lowest BCUT2D eigenvalue weighted by Gasteiger charge is -2.25. The van der Waals surface area contributed by atoms with Gasteiger partial charge in [0.1, 0.15) is 0 Å². The van der Waals surface area contributed by atoms with Gasteiger partial charge in [-0.05, 0) is 24.3 Å². The van der Waals surface area contributed by atoms with Crippen molar-refractivity contribution in [3.05, 3.63) is 0 Å². The first-order valence-corrected chi connectivity index (χ1v) is 9.49. The maximum absolute atomic E-state index is 12.3. The molecule has 9 heteroatoms. The second-order valence-electron chi connectivity index (χ2n) is 5.20. The van der Waals surface area contributed by atoms with Crippen LogP contribution < -0.4 is 0 Å². The molecular formula is C14H27FNO6P. The number of nitrogens with zero attached hydrogens (tertiary/aromatic N) is 1. The van der Waals surface area contributed by atoms with Gasteiger partial charge in [0.05, 0.1) is 12.6 Å². The molecule has 136 valence electrons. The van der Waals surface area contributed by atoms with Crippen LogP contribution >= 0.6 is 7.60 Å². The molecular weight excluding hydrogens is 328 g/mol. The summed E-state index contributed by atoms with van der Waals surface area (Å²) in [6.45, 7) is 5.22. The minimum Gasteiger partial charge on any atom is -0.302 e. The van der Waals surface area contributed by atoms with Crippen LogP contribution in [0.25, 0.3) is 0 Å². The number of amides is 1. The summed E-state index contributed by atoms with van der Waals surface area (Å²) < 4.78 is 31.6. The zero-order valence-electron chi connectivity index (χ0n) is 14.0. The molecule has 0 aromatic carbocycles. The molecule has 0 aliphatic rings. The van der Waals surface area contributed by atoms with E-state index in [2.05, 4.69) is 9.25 Å². The van der Waals surface area contributed by atoms with Gasteiger partial charge >= 0.3 is 7.60 Å². The molecule has 1 amide bonds. The van der Waals surface area contributed by atoms with E-state index in [1.165, 1.54) is 6.92 Å². The first-order chi connectivity index (χ1) is 10.9. The van der Waals surface area contributed by atoms with E-state index in [4.69, 9.17) is 0 Å². The van der Waals surface area contributed by atoms with Gasteiger partial charge in [-0.3, -0.25) is 14.8 Å². The van der Waals surface area contributed by atoms with E-state index in [1.54, 1.807) is 0 Å². The van der Waals surface area contributed by atoms with E-state index >= 15 is 0 Å². The van der Waals surface area contributed by atoms with Crippen LogP contribution in [-0.4, -0.2) is 34.4 Å². The molecule has 0 rings (SSSR count). The first-order valence-electron chi connectivity index (χ1n) is 7.95. The van der Waals surface area contributed by atoms with Crippen molar-refractivity contribution in [3.63, 3.8) is 0 Å². The normalized spacial score (nSPS) is 15.0. The first kappa shape index (κ1) is 22.2. The Kier molecular flexibility index (Phi) is 11.3. The average molecular weight is 355 g/mol. The number of hydrogen-bond acceptors (Lipinski definition) is 6. The smallest absolute Gasteiger partial charge is 0.302 e. The predicted molar refractivity (Wildman–Crippen MR) is 82.5 cm³/mol. The van der Waals surface area contributed by atoms with E-state index in [0.717, 1.165) is 19.3 Å². The minimum absolute atomic E-state index is 0.164. The molecule has 0 aliphatic heterocycles. The summed E-state index contributed by atoms with van der Waals surface area (Å²) in [6, 6.07) is -0.321. The summed E-state index contributed by atoms with van der Waals surface area (Å²) in [5, 5.41) is 10.6. The Labute approximate surface area is 136 Å². The second-order valence-corrected chi connectivity index (χ2v) is 7.09. The molecule has 0 fully saturated rings. The van der Waals surface area contributed by atoms with Gasteiger partial charge in [-0.2, -0.15) is 0 Å². The van der Waals surface area contributed by atoms with Crippen LogP contribution in [0, 0.1) is 0 Å². The largest absolute Gasteiger partial charge is 0.427 e. The molecule has 0 heterocycles. The van der Waals surface area contributed by atoms with Gasteiger partial charge in [-0.25, -0.2) is 9.63 Å². The Hall–Kier alpha value is -0.820. The third-order valence-corrected chi connectivity index (χ3v) is 4.98. The van der Waals surface area contributed by atoms with Crippen molar-refractivity contribution in [1.82, 2.24) is 5.06 Å². The predicted octanol–water partition coefficient (Wildman–Crippen LogP) is 4.00. The van der Waals surface area contributed by atoms with Gasteiger partial charge in [0.2, 0.25) is 11.4 Å². The zero-order chi connectivity index (χ0) is 17.9. The third-order valence-electron chi connectivity index (χ3n) is 3.36. The van der Waals surface area contributed by atoms with E-state index in [0.29, 0.717) is 17.9 Å². The standard InChI is InChI=1S/C14H27FNO6P/c1-4-7-9-12(8-5-2)16(19)13(17)10-11-14(18)23(20,22-15)21-6-3/h12,19H,4-11H2,1-3H3. The van der Waals surface area contributed by atoms with Crippen molar-refractivity contribution in [2.24, 2.45) is 0 Å². The van der Waals surface area contributed by atoms with E-state index in [1.807, 2.05) is 13.8 Å². The summed E-state index contributed by atoms with van der Waals surface area (Å²) in [6.07, 6.45) is 2.99. The molecule has 0 aromatic heterocycles. The Balaban J connectivity index is 4.61. The number of rotatable bonds is 13. The van der Waals surface area contributed by atoms with E-state index in [9.17, 15) is 23.9 Å². The van der Waals surface area contributed by atoms with Crippen LogP contribution in [-0.2, 0) is 23.4 Å². The molecule has 23 heavy (non-hydrogen) atoms. The second kappa shape index (κ2) is 11.7. The third kappa shape index (κ3) is 7.52. The Morgan fingerprint density at radius 1 is 1.17 bits per heavy atom. The lowest BCUT2D eigenvalue weighted by molar-refractivity contribution is -0.177. The fourth-order valence-electron chi connectivity index (χ4n) is 2.13. The number of halogens is 1. The zero-order valence-corrected chi connectivity index (χ0v) is 14.9. The van der Waals surface area contributed by atoms with Crippen LogP contribution in [0.2, 0.25) is 0 Å². The molecule has 0 saturated carbocycles. The lowest BCUT2D eigenvalue weighted by atomic mass is 10.0. The number of carbonyl (C=O) groups is 2. The van der Waals surface area contributed by atoms with Gasteiger partial charge in [0.25, 0.3) is 0 Å². The van der Waals surface area contributed by atoms with Gasteiger partial charge in [-0.15, -0.1) is 0 Å². The van der Waals surface area contributed by atoms with Crippen LogP contribution in [0.1, 0.15) is 65.7 Å². The molecule has 2 unspecified atom stereocenters. The molecule has 0 saturated heterocycles. The van der Waals surface area contributed by atoms with Crippen LogP contribution in [0.15, 0.2) is 0 Å².